The zero-order valence-electron chi connectivity index (χ0n) is 10.8. The number of amides is 2. The molecule has 1 heterocycles. The van der Waals surface area contributed by atoms with Crippen molar-refractivity contribution in [3.63, 3.8) is 0 Å². The highest BCUT2D eigenvalue weighted by molar-refractivity contribution is 8.15. The van der Waals surface area contributed by atoms with Gasteiger partial charge >= 0.3 is 0 Å². The summed E-state index contributed by atoms with van der Waals surface area (Å²) in [7, 11) is 1.61. The maximum Gasteiger partial charge on any atom is 0.240 e. The van der Waals surface area contributed by atoms with Crippen LogP contribution >= 0.6 is 11.8 Å². The van der Waals surface area contributed by atoms with Crippen molar-refractivity contribution in [3.8, 4) is 0 Å². The fourth-order valence-corrected chi connectivity index (χ4v) is 2.68. The van der Waals surface area contributed by atoms with Crippen LogP contribution in [-0.4, -0.2) is 29.3 Å². The number of carbonyl (C=O) groups is 2. The van der Waals surface area contributed by atoms with Crippen molar-refractivity contribution in [3.05, 3.63) is 29.8 Å². The van der Waals surface area contributed by atoms with E-state index in [-0.39, 0.29) is 18.2 Å². The predicted octanol–water partition coefficient (Wildman–Crippen LogP) is 1.54. The minimum Gasteiger partial charge on any atom is -0.326 e. The summed E-state index contributed by atoms with van der Waals surface area (Å²) in [6, 6.07) is 7.55. The van der Waals surface area contributed by atoms with E-state index in [2.05, 4.69) is 15.6 Å². The number of hydrogen-bond donors (Lipinski definition) is 2. The lowest BCUT2D eigenvalue weighted by Crippen LogP contribution is -2.28. The molecule has 1 fully saturated rings. The van der Waals surface area contributed by atoms with E-state index in [9.17, 15) is 9.59 Å². The van der Waals surface area contributed by atoms with Crippen LogP contribution in [0.1, 0.15) is 12.0 Å². The summed E-state index contributed by atoms with van der Waals surface area (Å²) >= 11 is 1.29. The number of amidine groups is 1. The molecular formula is C13H15N3O2S. The summed E-state index contributed by atoms with van der Waals surface area (Å²) in [5.74, 6) is -0.333. The molecule has 6 heteroatoms. The average molecular weight is 277 g/mol. The molecule has 19 heavy (non-hydrogen) atoms. The third-order valence-corrected chi connectivity index (χ3v) is 3.83. The zero-order chi connectivity index (χ0) is 13.8. The molecule has 1 saturated heterocycles. The number of nitrogens with zero attached hydrogens (tertiary/aromatic N) is 1. The molecule has 100 valence electrons. The molecule has 2 N–H and O–H groups in total. The van der Waals surface area contributed by atoms with Crippen molar-refractivity contribution < 1.29 is 9.59 Å². The van der Waals surface area contributed by atoms with Gasteiger partial charge in [-0.3, -0.25) is 14.6 Å². The van der Waals surface area contributed by atoms with Crippen molar-refractivity contribution >= 4 is 34.4 Å². The van der Waals surface area contributed by atoms with Gasteiger partial charge in [-0.2, -0.15) is 0 Å². The van der Waals surface area contributed by atoms with Crippen LogP contribution in [0.15, 0.2) is 29.3 Å². The third-order valence-electron chi connectivity index (χ3n) is 2.65. The van der Waals surface area contributed by atoms with Gasteiger partial charge in [0.2, 0.25) is 11.8 Å². The average Bonchev–Trinajstić information content (AvgIpc) is 2.70. The summed E-state index contributed by atoms with van der Waals surface area (Å²) < 4.78 is 0. The second kappa shape index (κ2) is 5.88. The number of rotatable bonds is 3. The smallest absolute Gasteiger partial charge is 0.240 e. The van der Waals surface area contributed by atoms with E-state index in [0.29, 0.717) is 5.17 Å². The highest BCUT2D eigenvalue weighted by atomic mass is 32.2. The molecule has 1 atom stereocenters. The molecule has 1 aliphatic rings. The Morgan fingerprint density at radius 1 is 1.53 bits per heavy atom. The fourth-order valence-electron chi connectivity index (χ4n) is 1.75. The normalized spacial score (nSPS) is 20.4. The van der Waals surface area contributed by atoms with E-state index in [4.69, 9.17) is 0 Å². The summed E-state index contributed by atoms with van der Waals surface area (Å²) in [6.45, 7) is 1.96. The number of anilines is 1. The minimum absolute atomic E-state index is 0.142. The Kier molecular flexibility index (Phi) is 4.21. The third kappa shape index (κ3) is 3.57. The van der Waals surface area contributed by atoms with Crippen LogP contribution in [0, 0.1) is 6.92 Å². The standard InChI is InChI=1S/C13H15N3O2S/c1-8-4-3-5-9(6-8)15-11(17)7-10-12(18)16-13(14-2)19-10/h3-6,10H,7H2,1-2H3,(H,15,17)(H,14,16,18)/t10-/m0/s1. The van der Waals surface area contributed by atoms with Crippen LogP contribution in [0.3, 0.4) is 0 Å². The van der Waals surface area contributed by atoms with E-state index < -0.39 is 5.25 Å². The maximum atomic E-state index is 11.9. The van der Waals surface area contributed by atoms with Crippen molar-refractivity contribution in [2.75, 3.05) is 12.4 Å². The summed E-state index contributed by atoms with van der Waals surface area (Å²) in [6.07, 6.45) is 0.142. The SMILES string of the molecule is CN=C1NC(=O)[C@H](CC(=O)Nc2cccc(C)c2)S1. The maximum absolute atomic E-state index is 11.9. The van der Waals surface area contributed by atoms with Gasteiger partial charge in [-0.25, -0.2) is 0 Å². The highest BCUT2D eigenvalue weighted by Crippen LogP contribution is 2.22. The largest absolute Gasteiger partial charge is 0.326 e. The fraction of sp³-hybridized carbons (Fsp3) is 0.308. The first kappa shape index (κ1) is 13.6. The second-order valence-corrected chi connectivity index (χ2v) is 5.44. The highest BCUT2D eigenvalue weighted by Gasteiger charge is 2.31. The molecule has 0 aliphatic carbocycles. The van der Waals surface area contributed by atoms with Gasteiger partial charge in [0.1, 0.15) is 5.25 Å². The summed E-state index contributed by atoms with van der Waals surface area (Å²) in [5.41, 5.74) is 1.82. The predicted molar refractivity (Wildman–Crippen MR) is 77.3 cm³/mol. The lowest BCUT2D eigenvalue weighted by atomic mass is 10.2. The number of benzene rings is 1. The summed E-state index contributed by atoms with van der Waals surface area (Å²) in [4.78, 5) is 27.4. The van der Waals surface area contributed by atoms with Gasteiger partial charge in [-0.05, 0) is 24.6 Å². The molecule has 1 aliphatic heterocycles. The van der Waals surface area contributed by atoms with Crippen molar-refractivity contribution in [2.45, 2.75) is 18.6 Å². The van der Waals surface area contributed by atoms with Gasteiger partial charge in [0.25, 0.3) is 0 Å². The van der Waals surface area contributed by atoms with Gasteiger partial charge in [0.15, 0.2) is 5.17 Å². The molecule has 0 bridgehead atoms. The molecule has 0 unspecified atom stereocenters. The number of carbonyl (C=O) groups excluding carboxylic acids is 2. The van der Waals surface area contributed by atoms with Gasteiger partial charge in [0, 0.05) is 19.2 Å². The number of nitrogens with one attached hydrogen (secondary N) is 2. The van der Waals surface area contributed by atoms with Gasteiger partial charge in [0.05, 0.1) is 0 Å². The van der Waals surface area contributed by atoms with E-state index in [1.807, 2.05) is 31.2 Å². The Labute approximate surface area is 115 Å². The van der Waals surface area contributed by atoms with Crippen LogP contribution in [0.25, 0.3) is 0 Å². The number of aliphatic imine (C=N–C) groups is 1. The molecule has 1 aromatic rings. The Balaban J connectivity index is 1.93. The Bertz CT molecular complexity index is 542. The lowest BCUT2D eigenvalue weighted by molar-refractivity contribution is -0.122. The van der Waals surface area contributed by atoms with Crippen LogP contribution in [-0.2, 0) is 9.59 Å². The van der Waals surface area contributed by atoms with E-state index in [1.54, 1.807) is 7.05 Å². The van der Waals surface area contributed by atoms with E-state index in [0.717, 1.165) is 11.3 Å². The molecule has 2 rings (SSSR count). The van der Waals surface area contributed by atoms with Crippen LogP contribution < -0.4 is 10.6 Å². The first-order chi connectivity index (χ1) is 9.08. The summed E-state index contributed by atoms with van der Waals surface area (Å²) in [5, 5.41) is 5.59. The Hall–Kier alpha value is -1.82. The van der Waals surface area contributed by atoms with Gasteiger partial charge < -0.3 is 10.6 Å². The van der Waals surface area contributed by atoms with Crippen LogP contribution in [0.5, 0.6) is 0 Å². The first-order valence-corrected chi connectivity index (χ1v) is 6.77. The molecule has 0 radical (unpaired) electrons. The molecule has 0 aromatic heterocycles. The number of hydrogen-bond acceptors (Lipinski definition) is 4. The molecule has 5 nitrogen and oxygen atoms in total. The van der Waals surface area contributed by atoms with Gasteiger partial charge in [-0.1, -0.05) is 23.9 Å². The molecular weight excluding hydrogens is 262 g/mol. The quantitative estimate of drug-likeness (QED) is 0.880. The molecule has 1 aromatic carbocycles. The lowest BCUT2D eigenvalue weighted by Gasteiger charge is -2.07. The van der Waals surface area contributed by atoms with Crippen LogP contribution in [0.4, 0.5) is 5.69 Å². The monoisotopic (exact) mass is 277 g/mol. The van der Waals surface area contributed by atoms with Crippen molar-refractivity contribution in [1.29, 1.82) is 0 Å². The van der Waals surface area contributed by atoms with Crippen molar-refractivity contribution in [2.24, 2.45) is 4.99 Å². The molecule has 2 amide bonds. The zero-order valence-corrected chi connectivity index (χ0v) is 11.6. The Morgan fingerprint density at radius 2 is 2.32 bits per heavy atom. The molecule has 0 spiro atoms. The van der Waals surface area contributed by atoms with Gasteiger partial charge in [-0.15, -0.1) is 0 Å². The number of thioether (sulfide) groups is 1. The van der Waals surface area contributed by atoms with E-state index in [1.165, 1.54) is 11.8 Å². The van der Waals surface area contributed by atoms with Crippen LogP contribution in [0.2, 0.25) is 0 Å². The molecule has 0 saturated carbocycles. The number of aryl methyl sites for hydroxylation is 1. The first-order valence-electron chi connectivity index (χ1n) is 5.89. The second-order valence-electron chi connectivity index (χ2n) is 4.25. The minimum atomic E-state index is -0.400. The topological polar surface area (TPSA) is 70.6 Å². The Morgan fingerprint density at radius 3 is 2.95 bits per heavy atom. The van der Waals surface area contributed by atoms with E-state index >= 15 is 0 Å². The van der Waals surface area contributed by atoms with Crippen molar-refractivity contribution in [1.82, 2.24) is 5.32 Å².